The molecule has 64 valence electrons. The summed E-state index contributed by atoms with van der Waals surface area (Å²) in [6.45, 7) is 1.53. The van der Waals surface area contributed by atoms with Crippen molar-refractivity contribution >= 4 is 16.1 Å². The van der Waals surface area contributed by atoms with E-state index in [9.17, 15) is 13.2 Å². The third-order valence-electron chi connectivity index (χ3n) is 1.82. The summed E-state index contributed by atoms with van der Waals surface area (Å²) < 4.78 is 22.7. The Morgan fingerprint density at radius 3 is 2.27 bits per heavy atom. The second-order valence-corrected chi connectivity index (χ2v) is 5.06. The van der Waals surface area contributed by atoms with Crippen molar-refractivity contribution in [3.8, 4) is 0 Å². The van der Waals surface area contributed by atoms with Crippen LogP contribution in [0.4, 0.5) is 4.79 Å². The first-order chi connectivity index (χ1) is 4.87. The summed E-state index contributed by atoms with van der Waals surface area (Å²) in [5.74, 6) is 0. The van der Waals surface area contributed by atoms with Gasteiger partial charge in [-0.1, -0.05) is 0 Å². The van der Waals surface area contributed by atoms with Crippen LogP contribution in [0.5, 0.6) is 0 Å². The summed E-state index contributed by atoms with van der Waals surface area (Å²) in [6.07, 6.45) is -0.441. The van der Waals surface area contributed by atoms with Crippen molar-refractivity contribution in [1.82, 2.24) is 4.72 Å². The van der Waals surface area contributed by atoms with Gasteiger partial charge >= 0.3 is 6.09 Å². The molecule has 5 nitrogen and oxygen atoms in total. The smallest absolute Gasteiger partial charge is 0.418 e. The maximum absolute atomic E-state index is 11.0. The van der Waals surface area contributed by atoms with Gasteiger partial charge in [-0.25, -0.2) is 17.9 Å². The van der Waals surface area contributed by atoms with E-state index in [2.05, 4.69) is 0 Å². The monoisotopic (exact) mass is 179 g/mol. The summed E-state index contributed by atoms with van der Waals surface area (Å²) in [5.41, 5.74) is 0. The molecule has 0 saturated heterocycles. The van der Waals surface area contributed by atoms with E-state index in [1.807, 2.05) is 0 Å². The van der Waals surface area contributed by atoms with Crippen LogP contribution in [0.2, 0.25) is 0 Å². The van der Waals surface area contributed by atoms with Crippen LogP contribution in [0.3, 0.4) is 0 Å². The van der Waals surface area contributed by atoms with Gasteiger partial charge in [0.2, 0.25) is 10.0 Å². The number of nitrogens with one attached hydrogen (secondary N) is 1. The molecule has 0 aromatic rings. The molecule has 0 aliphatic heterocycles. The lowest BCUT2D eigenvalue weighted by molar-refractivity contribution is 0.201. The minimum atomic E-state index is -3.64. The molecule has 2 N–H and O–H groups in total. The maximum Gasteiger partial charge on any atom is 0.418 e. The van der Waals surface area contributed by atoms with Gasteiger partial charge in [0.1, 0.15) is 0 Å². The van der Waals surface area contributed by atoms with Crippen LogP contribution in [0.15, 0.2) is 0 Å². The highest BCUT2D eigenvalue weighted by Gasteiger charge is 2.50. The van der Waals surface area contributed by atoms with Crippen LogP contribution in [-0.2, 0) is 10.0 Å². The largest absolute Gasteiger partial charge is 0.464 e. The van der Waals surface area contributed by atoms with E-state index >= 15 is 0 Å². The molecule has 0 aromatic carbocycles. The first kappa shape index (κ1) is 8.32. The highest BCUT2D eigenvalue weighted by Crippen LogP contribution is 2.41. The van der Waals surface area contributed by atoms with E-state index in [-0.39, 0.29) is 0 Å². The first-order valence-corrected chi connectivity index (χ1v) is 4.61. The number of amides is 1. The molecule has 1 saturated carbocycles. The van der Waals surface area contributed by atoms with E-state index in [1.54, 1.807) is 0 Å². The average molecular weight is 179 g/mol. The predicted octanol–water partition coefficient (Wildman–Crippen LogP) is 0.136. The Morgan fingerprint density at radius 2 is 2.00 bits per heavy atom. The lowest BCUT2D eigenvalue weighted by atomic mass is 10.5. The van der Waals surface area contributed by atoms with Crippen LogP contribution < -0.4 is 4.72 Å². The van der Waals surface area contributed by atoms with Gasteiger partial charge in [-0.2, -0.15) is 0 Å². The van der Waals surface area contributed by atoms with E-state index in [0.717, 1.165) is 0 Å². The minimum absolute atomic E-state index is 0.537. The zero-order valence-corrected chi connectivity index (χ0v) is 6.81. The molecule has 0 spiro atoms. The minimum Gasteiger partial charge on any atom is -0.464 e. The van der Waals surface area contributed by atoms with Crippen molar-refractivity contribution in [2.24, 2.45) is 0 Å². The van der Waals surface area contributed by atoms with E-state index < -0.39 is 20.9 Å². The van der Waals surface area contributed by atoms with Crippen molar-refractivity contribution < 1.29 is 18.3 Å². The van der Waals surface area contributed by atoms with E-state index in [1.165, 1.54) is 11.6 Å². The second kappa shape index (κ2) is 2.10. The fourth-order valence-electron chi connectivity index (χ4n) is 0.683. The number of rotatable bonds is 2. The number of hydrogen-bond donors (Lipinski definition) is 2. The topological polar surface area (TPSA) is 83.5 Å². The first-order valence-electron chi connectivity index (χ1n) is 3.13. The van der Waals surface area contributed by atoms with Gasteiger partial charge in [-0.05, 0) is 19.8 Å². The molecular weight excluding hydrogens is 170 g/mol. The molecule has 0 aromatic heterocycles. The molecule has 11 heavy (non-hydrogen) atoms. The third kappa shape index (κ3) is 1.45. The molecule has 0 bridgehead atoms. The van der Waals surface area contributed by atoms with Crippen LogP contribution in [0.25, 0.3) is 0 Å². The molecule has 6 heteroatoms. The summed E-state index contributed by atoms with van der Waals surface area (Å²) in [4.78, 5) is 10.00. The quantitative estimate of drug-likeness (QED) is 0.631. The third-order valence-corrected chi connectivity index (χ3v) is 3.97. The standard InChI is InChI=1S/C5H9NO4S/c1-5(2-3-5)11(9,10)6-4(7)8/h6H,2-3H2,1H3,(H,7,8). The highest BCUT2D eigenvalue weighted by atomic mass is 32.2. The Kier molecular flexibility index (Phi) is 1.59. The van der Waals surface area contributed by atoms with Crippen molar-refractivity contribution in [2.45, 2.75) is 24.5 Å². The van der Waals surface area contributed by atoms with Crippen LogP contribution in [0.1, 0.15) is 19.8 Å². The maximum atomic E-state index is 11.0. The Hall–Kier alpha value is -0.780. The van der Waals surface area contributed by atoms with Crippen molar-refractivity contribution in [2.75, 3.05) is 0 Å². The summed E-state index contributed by atoms with van der Waals surface area (Å²) in [7, 11) is -3.64. The Balaban J connectivity index is 2.76. The van der Waals surface area contributed by atoms with Crippen LogP contribution in [-0.4, -0.2) is 24.4 Å². The summed E-state index contributed by atoms with van der Waals surface area (Å²) in [6, 6.07) is 0. The number of carbonyl (C=O) groups is 1. The molecule has 1 aliphatic carbocycles. The number of carboxylic acid groups (broad SMARTS) is 1. The molecule has 0 radical (unpaired) electrons. The SMILES string of the molecule is CC1(S(=O)(=O)NC(=O)O)CC1. The van der Waals surface area contributed by atoms with Gasteiger partial charge in [0.25, 0.3) is 0 Å². The van der Waals surface area contributed by atoms with Gasteiger partial charge in [0.05, 0.1) is 4.75 Å². The zero-order chi connectivity index (χ0) is 8.70. The van der Waals surface area contributed by atoms with Gasteiger partial charge in [-0.15, -0.1) is 0 Å². The molecule has 0 heterocycles. The fraction of sp³-hybridized carbons (Fsp3) is 0.800. The fourth-order valence-corrected chi connectivity index (χ4v) is 1.80. The number of sulfonamides is 1. The average Bonchev–Trinajstić information content (AvgIpc) is 2.44. The second-order valence-electron chi connectivity index (χ2n) is 2.86. The van der Waals surface area contributed by atoms with Crippen molar-refractivity contribution in [1.29, 1.82) is 0 Å². The van der Waals surface area contributed by atoms with E-state index in [0.29, 0.717) is 12.8 Å². The molecule has 1 rings (SSSR count). The normalized spacial score (nSPS) is 20.8. The Labute approximate surface area is 64.5 Å². The van der Waals surface area contributed by atoms with Crippen LogP contribution in [0, 0.1) is 0 Å². The Morgan fingerprint density at radius 1 is 1.55 bits per heavy atom. The summed E-state index contributed by atoms with van der Waals surface area (Å²) >= 11 is 0. The molecular formula is C5H9NO4S. The Bertz CT molecular complexity index is 277. The molecule has 0 unspecified atom stereocenters. The van der Waals surface area contributed by atoms with E-state index in [4.69, 9.17) is 5.11 Å². The molecule has 0 atom stereocenters. The number of hydrogen-bond acceptors (Lipinski definition) is 3. The van der Waals surface area contributed by atoms with Gasteiger partial charge < -0.3 is 5.11 Å². The van der Waals surface area contributed by atoms with Gasteiger partial charge in [0, 0.05) is 0 Å². The van der Waals surface area contributed by atoms with Crippen molar-refractivity contribution in [3.63, 3.8) is 0 Å². The van der Waals surface area contributed by atoms with Gasteiger partial charge in [-0.3, -0.25) is 0 Å². The van der Waals surface area contributed by atoms with Gasteiger partial charge in [0.15, 0.2) is 0 Å². The molecule has 1 aliphatic rings. The molecule has 1 fully saturated rings. The van der Waals surface area contributed by atoms with Crippen molar-refractivity contribution in [3.05, 3.63) is 0 Å². The molecule has 1 amide bonds. The lowest BCUT2D eigenvalue weighted by Crippen LogP contribution is -2.37. The van der Waals surface area contributed by atoms with Crippen LogP contribution >= 0.6 is 0 Å². The zero-order valence-electron chi connectivity index (χ0n) is 5.99. The lowest BCUT2D eigenvalue weighted by Gasteiger charge is -2.08. The predicted molar refractivity (Wildman–Crippen MR) is 37.7 cm³/mol. The summed E-state index contributed by atoms with van der Waals surface area (Å²) in [5, 5.41) is 8.15. The highest BCUT2D eigenvalue weighted by molar-refractivity contribution is 7.91.